The lowest BCUT2D eigenvalue weighted by Crippen LogP contribution is -2.23. The van der Waals surface area contributed by atoms with Gasteiger partial charge in [0.05, 0.1) is 11.0 Å². The first-order chi connectivity index (χ1) is 13.0. The summed E-state index contributed by atoms with van der Waals surface area (Å²) in [7, 11) is 2.13. The van der Waals surface area contributed by atoms with Gasteiger partial charge in [0.25, 0.3) is 0 Å². The van der Waals surface area contributed by atoms with Crippen molar-refractivity contribution in [2.45, 2.75) is 20.3 Å². The SMILES string of the molecule is CC(C)C(=C/N)/C=C(\N)Nc1ccc2ncc(C3=CCN(C)CC3)cc2n1. The van der Waals surface area contributed by atoms with Gasteiger partial charge in [0.15, 0.2) is 0 Å². The van der Waals surface area contributed by atoms with Gasteiger partial charge in [0.2, 0.25) is 0 Å². The smallest absolute Gasteiger partial charge is 0.132 e. The third-order valence-electron chi connectivity index (χ3n) is 4.77. The van der Waals surface area contributed by atoms with E-state index in [-0.39, 0.29) is 0 Å². The van der Waals surface area contributed by atoms with Crippen LogP contribution in [0.4, 0.5) is 5.82 Å². The molecule has 0 saturated heterocycles. The Kier molecular flexibility index (Phi) is 5.76. The fourth-order valence-corrected chi connectivity index (χ4v) is 3.06. The maximum absolute atomic E-state index is 6.11. The van der Waals surface area contributed by atoms with E-state index in [4.69, 9.17) is 11.5 Å². The Labute approximate surface area is 160 Å². The summed E-state index contributed by atoms with van der Waals surface area (Å²) in [6.45, 7) is 6.17. The lowest BCUT2D eigenvalue weighted by atomic mass is 10.0. The maximum atomic E-state index is 6.11. The monoisotopic (exact) mass is 364 g/mol. The first kappa shape index (κ1) is 18.9. The van der Waals surface area contributed by atoms with E-state index in [0.29, 0.717) is 17.6 Å². The highest BCUT2D eigenvalue weighted by molar-refractivity contribution is 5.81. The van der Waals surface area contributed by atoms with Gasteiger partial charge in [-0.2, -0.15) is 0 Å². The van der Waals surface area contributed by atoms with E-state index in [2.05, 4.69) is 53.2 Å². The molecule has 0 atom stereocenters. The van der Waals surface area contributed by atoms with Crippen LogP contribution in [0.25, 0.3) is 16.6 Å². The molecule has 5 N–H and O–H groups in total. The Hall–Kier alpha value is -2.86. The average Bonchev–Trinajstić information content (AvgIpc) is 2.66. The lowest BCUT2D eigenvalue weighted by molar-refractivity contribution is 0.370. The number of allylic oxidation sites excluding steroid dienone is 2. The van der Waals surface area contributed by atoms with Crippen molar-refractivity contribution < 1.29 is 0 Å². The third kappa shape index (κ3) is 4.65. The molecule has 0 aromatic carbocycles. The van der Waals surface area contributed by atoms with E-state index in [1.165, 1.54) is 5.57 Å². The lowest BCUT2D eigenvalue weighted by Gasteiger charge is -2.22. The van der Waals surface area contributed by atoms with Crippen LogP contribution in [0.15, 0.2) is 54.1 Å². The van der Waals surface area contributed by atoms with Crippen LogP contribution in [-0.2, 0) is 0 Å². The first-order valence-electron chi connectivity index (χ1n) is 9.27. The minimum Gasteiger partial charge on any atom is -0.404 e. The number of likely N-dealkylation sites (N-methyl/N-ethyl adjacent to an activating group) is 1. The van der Waals surface area contributed by atoms with Crippen molar-refractivity contribution in [2.75, 3.05) is 25.5 Å². The highest BCUT2D eigenvalue weighted by atomic mass is 15.1. The minimum absolute atomic E-state index is 0.300. The summed E-state index contributed by atoms with van der Waals surface area (Å²) in [4.78, 5) is 11.5. The summed E-state index contributed by atoms with van der Waals surface area (Å²) < 4.78 is 0. The Morgan fingerprint density at radius 3 is 2.78 bits per heavy atom. The van der Waals surface area contributed by atoms with Crippen molar-refractivity contribution >= 4 is 22.4 Å². The minimum atomic E-state index is 0.300. The van der Waals surface area contributed by atoms with Crippen LogP contribution in [-0.4, -0.2) is 35.0 Å². The summed E-state index contributed by atoms with van der Waals surface area (Å²) in [5.74, 6) is 1.50. The molecule has 3 heterocycles. The maximum Gasteiger partial charge on any atom is 0.132 e. The molecule has 27 heavy (non-hydrogen) atoms. The van der Waals surface area contributed by atoms with Gasteiger partial charge in [-0.25, -0.2) is 4.98 Å². The average molecular weight is 364 g/mol. The largest absolute Gasteiger partial charge is 0.404 e. The number of aromatic nitrogens is 2. The van der Waals surface area contributed by atoms with Crippen LogP contribution in [0.5, 0.6) is 0 Å². The Morgan fingerprint density at radius 2 is 2.11 bits per heavy atom. The van der Waals surface area contributed by atoms with Crippen molar-refractivity contribution in [3.8, 4) is 0 Å². The predicted octanol–water partition coefficient (Wildman–Crippen LogP) is 3.06. The van der Waals surface area contributed by atoms with Gasteiger partial charge in [-0.15, -0.1) is 0 Å². The molecule has 0 amide bonds. The van der Waals surface area contributed by atoms with Gasteiger partial charge in [-0.05, 0) is 66.6 Å². The summed E-state index contributed by atoms with van der Waals surface area (Å²) in [5, 5.41) is 3.14. The normalized spacial score (nSPS) is 16.7. The van der Waals surface area contributed by atoms with Gasteiger partial charge >= 0.3 is 0 Å². The number of rotatable bonds is 5. The van der Waals surface area contributed by atoms with E-state index in [1.54, 1.807) is 6.20 Å². The van der Waals surface area contributed by atoms with Crippen LogP contribution in [0.3, 0.4) is 0 Å². The third-order valence-corrected chi connectivity index (χ3v) is 4.77. The van der Waals surface area contributed by atoms with Crippen molar-refractivity contribution in [1.29, 1.82) is 0 Å². The molecule has 0 spiro atoms. The molecule has 6 nitrogen and oxygen atoms in total. The second kappa shape index (κ2) is 8.22. The highest BCUT2D eigenvalue weighted by Gasteiger charge is 2.11. The summed E-state index contributed by atoms with van der Waals surface area (Å²) in [5.41, 5.74) is 16.9. The number of nitrogens with zero attached hydrogens (tertiary/aromatic N) is 3. The molecule has 0 fully saturated rings. The Morgan fingerprint density at radius 1 is 1.30 bits per heavy atom. The van der Waals surface area contributed by atoms with Crippen molar-refractivity contribution in [3.63, 3.8) is 0 Å². The van der Waals surface area contributed by atoms with Crippen LogP contribution < -0.4 is 16.8 Å². The molecule has 0 aliphatic carbocycles. The summed E-state index contributed by atoms with van der Waals surface area (Å²) >= 11 is 0. The number of pyridine rings is 2. The van der Waals surface area contributed by atoms with Gasteiger partial charge in [0.1, 0.15) is 11.6 Å². The van der Waals surface area contributed by atoms with E-state index < -0.39 is 0 Å². The number of nitrogens with one attached hydrogen (secondary N) is 1. The molecule has 0 unspecified atom stereocenters. The van der Waals surface area contributed by atoms with Crippen molar-refractivity contribution in [1.82, 2.24) is 14.9 Å². The van der Waals surface area contributed by atoms with Gasteiger partial charge in [-0.1, -0.05) is 19.9 Å². The molecule has 3 rings (SSSR count). The molecule has 0 saturated carbocycles. The van der Waals surface area contributed by atoms with E-state index in [9.17, 15) is 0 Å². The van der Waals surface area contributed by atoms with Crippen LogP contribution in [0.1, 0.15) is 25.8 Å². The highest BCUT2D eigenvalue weighted by Crippen LogP contribution is 2.24. The molecule has 2 aromatic rings. The summed E-state index contributed by atoms with van der Waals surface area (Å²) in [6, 6.07) is 5.93. The van der Waals surface area contributed by atoms with Crippen LogP contribution >= 0.6 is 0 Å². The fourth-order valence-electron chi connectivity index (χ4n) is 3.06. The van der Waals surface area contributed by atoms with Crippen molar-refractivity contribution in [2.24, 2.45) is 17.4 Å². The number of hydrogen-bond donors (Lipinski definition) is 3. The number of fused-ring (bicyclic) bond motifs is 1. The zero-order valence-electron chi connectivity index (χ0n) is 16.2. The number of nitrogens with two attached hydrogens (primary N) is 2. The molecule has 0 bridgehead atoms. The predicted molar refractivity (Wildman–Crippen MR) is 113 cm³/mol. The fraction of sp³-hybridized carbons (Fsp3) is 0.333. The molecule has 2 aromatic heterocycles. The number of hydrogen-bond acceptors (Lipinski definition) is 6. The zero-order valence-corrected chi connectivity index (χ0v) is 16.2. The zero-order chi connectivity index (χ0) is 19.4. The van der Waals surface area contributed by atoms with Gasteiger partial charge < -0.3 is 21.7 Å². The molecule has 0 radical (unpaired) electrons. The number of anilines is 1. The molecule has 6 heteroatoms. The summed E-state index contributed by atoms with van der Waals surface area (Å²) in [6.07, 6.45) is 8.65. The molecule has 142 valence electrons. The second-order valence-corrected chi connectivity index (χ2v) is 7.25. The molecular formula is C21H28N6. The Balaban J connectivity index is 1.85. The molecule has 1 aliphatic heterocycles. The molecule has 1 aliphatic rings. The Bertz CT molecular complexity index is 910. The van der Waals surface area contributed by atoms with Gasteiger partial charge in [0, 0.05) is 19.3 Å². The molecular weight excluding hydrogens is 336 g/mol. The van der Waals surface area contributed by atoms with E-state index in [1.807, 2.05) is 24.4 Å². The van der Waals surface area contributed by atoms with Crippen molar-refractivity contribution in [3.05, 3.63) is 59.7 Å². The quantitative estimate of drug-likeness (QED) is 0.706. The topological polar surface area (TPSA) is 93.1 Å². The van der Waals surface area contributed by atoms with Crippen LogP contribution in [0, 0.1) is 5.92 Å². The second-order valence-electron chi connectivity index (χ2n) is 7.25. The van der Waals surface area contributed by atoms with E-state index >= 15 is 0 Å². The first-order valence-corrected chi connectivity index (χ1v) is 9.27. The van der Waals surface area contributed by atoms with Gasteiger partial charge in [-0.3, -0.25) is 4.98 Å². The van der Waals surface area contributed by atoms with E-state index in [0.717, 1.165) is 41.7 Å². The van der Waals surface area contributed by atoms with Crippen LogP contribution in [0.2, 0.25) is 0 Å². The standard InChI is InChI=1S/C21H28N6/c1-14(2)16(12-22)11-20(23)26-21-5-4-18-19(25-21)10-17(13-24-18)15-6-8-27(3)9-7-15/h4-6,10-14H,7-9,22-23H2,1-3H3,(H,25,26)/b16-12+,20-11+.